The lowest BCUT2D eigenvalue weighted by atomic mass is 10.2. The summed E-state index contributed by atoms with van der Waals surface area (Å²) < 4.78 is 5.72. The number of hydrogen-bond donors (Lipinski definition) is 2. The van der Waals surface area contributed by atoms with Crippen molar-refractivity contribution in [1.29, 1.82) is 0 Å². The Hall–Kier alpha value is -2.06. The number of aliphatic hydroxyl groups excluding tert-OH is 1. The van der Waals surface area contributed by atoms with Crippen molar-refractivity contribution >= 4 is 40.5 Å². The lowest BCUT2D eigenvalue weighted by Gasteiger charge is -2.37. The van der Waals surface area contributed by atoms with Gasteiger partial charge in [0.05, 0.1) is 21.4 Å². The van der Waals surface area contributed by atoms with Crippen LogP contribution in [0.2, 0.25) is 10.0 Å². The number of piperazine rings is 1. The number of β-amino-alcohol motifs (C(OH)–C–C–N with tert-alkyl or cyclic N) is 1. The van der Waals surface area contributed by atoms with Crippen molar-refractivity contribution < 1.29 is 14.6 Å². The smallest absolute Gasteiger partial charge is 0.221 e. The molecule has 1 fully saturated rings. The summed E-state index contributed by atoms with van der Waals surface area (Å²) in [6, 6.07) is 7.16. The predicted octanol–water partition coefficient (Wildman–Crippen LogP) is 2.91. The van der Waals surface area contributed by atoms with Gasteiger partial charge in [0.1, 0.15) is 18.5 Å². The first kappa shape index (κ1) is 21.6. The van der Waals surface area contributed by atoms with Crippen LogP contribution in [0.3, 0.4) is 0 Å². The van der Waals surface area contributed by atoms with Crippen LogP contribution < -0.4 is 15.0 Å². The van der Waals surface area contributed by atoms with Gasteiger partial charge in [0.25, 0.3) is 0 Å². The summed E-state index contributed by atoms with van der Waals surface area (Å²) in [4.78, 5) is 19.6. The molecule has 2 N–H and O–H groups in total. The van der Waals surface area contributed by atoms with Crippen LogP contribution in [-0.2, 0) is 4.79 Å². The molecule has 2 heterocycles. The second-order valence-corrected chi connectivity index (χ2v) is 7.70. The molecule has 0 aliphatic carbocycles. The molecule has 1 amide bonds. The first-order chi connectivity index (χ1) is 13.9. The summed E-state index contributed by atoms with van der Waals surface area (Å²) in [7, 11) is 0. The van der Waals surface area contributed by atoms with E-state index >= 15 is 0 Å². The zero-order valence-corrected chi connectivity index (χ0v) is 17.7. The first-order valence-electron chi connectivity index (χ1n) is 9.38. The van der Waals surface area contributed by atoms with Crippen LogP contribution in [0.15, 0.2) is 36.7 Å². The maximum atomic E-state index is 11.3. The number of ether oxygens (including phenoxy) is 1. The van der Waals surface area contributed by atoms with Gasteiger partial charge in [-0.25, -0.2) is 0 Å². The van der Waals surface area contributed by atoms with Crippen molar-refractivity contribution in [3.8, 4) is 5.75 Å². The highest BCUT2D eigenvalue weighted by molar-refractivity contribution is 6.38. The third-order valence-corrected chi connectivity index (χ3v) is 5.17. The van der Waals surface area contributed by atoms with Crippen molar-refractivity contribution in [2.75, 3.05) is 49.5 Å². The van der Waals surface area contributed by atoms with Gasteiger partial charge in [-0.3, -0.25) is 14.7 Å². The highest BCUT2D eigenvalue weighted by Gasteiger charge is 2.23. The minimum absolute atomic E-state index is 0.138. The second kappa shape index (κ2) is 10.1. The van der Waals surface area contributed by atoms with E-state index in [0.717, 1.165) is 31.9 Å². The first-order valence-corrected chi connectivity index (χ1v) is 10.1. The lowest BCUT2D eigenvalue weighted by Crippen LogP contribution is -2.49. The fraction of sp³-hybridized carbons (Fsp3) is 0.400. The van der Waals surface area contributed by atoms with Crippen molar-refractivity contribution in [3.05, 3.63) is 46.7 Å². The largest absolute Gasteiger partial charge is 0.489 e. The van der Waals surface area contributed by atoms with Gasteiger partial charge in [-0.2, -0.15) is 0 Å². The van der Waals surface area contributed by atoms with E-state index in [1.165, 1.54) is 6.92 Å². The number of aliphatic hydroxyl groups is 1. The molecule has 7 nitrogen and oxygen atoms in total. The van der Waals surface area contributed by atoms with E-state index in [1.807, 2.05) is 12.1 Å². The van der Waals surface area contributed by atoms with Crippen LogP contribution in [0, 0.1) is 0 Å². The Morgan fingerprint density at radius 1 is 1.21 bits per heavy atom. The van der Waals surface area contributed by atoms with E-state index in [0.29, 0.717) is 28.0 Å². The number of carbonyl (C=O) groups excluding carboxylic acids is 1. The molecular weight excluding hydrogens is 415 g/mol. The summed E-state index contributed by atoms with van der Waals surface area (Å²) >= 11 is 12.5. The summed E-state index contributed by atoms with van der Waals surface area (Å²) in [5, 5.41) is 14.2. The van der Waals surface area contributed by atoms with E-state index in [1.54, 1.807) is 24.5 Å². The SMILES string of the molecule is CC(=O)Nc1ccccc1OCC(O)CN1CCN(c2c(Cl)cncc2Cl)CC1. The number of pyridine rings is 1. The molecule has 1 aromatic heterocycles. The zero-order valence-electron chi connectivity index (χ0n) is 16.1. The molecule has 1 unspecified atom stereocenters. The Balaban J connectivity index is 1.48. The number of nitrogens with one attached hydrogen (secondary N) is 1. The average molecular weight is 439 g/mol. The second-order valence-electron chi connectivity index (χ2n) is 6.88. The predicted molar refractivity (Wildman–Crippen MR) is 115 cm³/mol. The molecule has 0 bridgehead atoms. The van der Waals surface area contributed by atoms with Crippen LogP contribution in [-0.4, -0.2) is 66.3 Å². The quantitative estimate of drug-likeness (QED) is 0.691. The van der Waals surface area contributed by atoms with Gasteiger partial charge in [0, 0.05) is 52.0 Å². The monoisotopic (exact) mass is 438 g/mol. The minimum atomic E-state index is -0.653. The number of rotatable bonds is 7. The molecule has 1 aliphatic rings. The Morgan fingerprint density at radius 3 is 2.52 bits per heavy atom. The van der Waals surface area contributed by atoms with Gasteiger partial charge >= 0.3 is 0 Å². The summed E-state index contributed by atoms with van der Waals surface area (Å²) in [5.41, 5.74) is 1.40. The third-order valence-electron chi connectivity index (χ3n) is 4.61. The molecular formula is C20H24Cl2N4O3. The molecule has 0 spiro atoms. The zero-order chi connectivity index (χ0) is 20.8. The van der Waals surface area contributed by atoms with Crippen molar-refractivity contribution in [1.82, 2.24) is 9.88 Å². The van der Waals surface area contributed by atoms with E-state index in [4.69, 9.17) is 27.9 Å². The highest BCUT2D eigenvalue weighted by Crippen LogP contribution is 2.33. The van der Waals surface area contributed by atoms with E-state index in [-0.39, 0.29) is 12.5 Å². The minimum Gasteiger partial charge on any atom is -0.489 e. The Morgan fingerprint density at radius 2 is 1.86 bits per heavy atom. The van der Waals surface area contributed by atoms with E-state index < -0.39 is 6.10 Å². The van der Waals surface area contributed by atoms with Crippen molar-refractivity contribution in [2.45, 2.75) is 13.0 Å². The standard InChI is InChI=1S/C20H24Cl2N4O3/c1-14(27)24-18-4-2-3-5-19(18)29-13-15(28)12-25-6-8-26(9-7-25)20-16(21)10-23-11-17(20)22/h2-5,10-11,15,28H,6-9,12-13H2,1H3,(H,24,27). The normalized spacial score (nSPS) is 15.8. The molecule has 3 rings (SSSR count). The van der Waals surface area contributed by atoms with Crippen LogP contribution in [0.25, 0.3) is 0 Å². The molecule has 1 atom stereocenters. The van der Waals surface area contributed by atoms with E-state index in [2.05, 4.69) is 20.1 Å². The van der Waals surface area contributed by atoms with Gasteiger partial charge in [-0.1, -0.05) is 35.3 Å². The van der Waals surface area contributed by atoms with Gasteiger partial charge in [0.2, 0.25) is 5.91 Å². The number of benzene rings is 1. The molecule has 1 aromatic carbocycles. The number of nitrogens with zero attached hydrogens (tertiary/aromatic N) is 3. The third kappa shape index (κ3) is 5.96. The molecule has 0 saturated carbocycles. The average Bonchev–Trinajstić information content (AvgIpc) is 2.68. The molecule has 156 valence electrons. The topological polar surface area (TPSA) is 77.9 Å². The lowest BCUT2D eigenvalue weighted by molar-refractivity contribution is -0.114. The van der Waals surface area contributed by atoms with Gasteiger partial charge in [-0.15, -0.1) is 0 Å². The van der Waals surface area contributed by atoms with Crippen molar-refractivity contribution in [2.24, 2.45) is 0 Å². The van der Waals surface area contributed by atoms with Crippen molar-refractivity contribution in [3.63, 3.8) is 0 Å². The van der Waals surface area contributed by atoms with Gasteiger partial charge < -0.3 is 20.1 Å². The van der Waals surface area contributed by atoms with E-state index in [9.17, 15) is 9.90 Å². The van der Waals surface area contributed by atoms with Crippen LogP contribution in [0.5, 0.6) is 5.75 Å². The number of halogens is 2. The number of carbonyl (C=O) groups is 1. The molecule has 0 radical (unpaired) electrons. The van der Waals surface area contributed by atoms with Crippen LogP contribution in [0.1, 0.15) is 6.92 Å². The number of para-hydroxylation sites is 2. The highest BCUT2D eigenvalue weighted by atomic mass is 35.5. The maximum Gasteiger partial charge on any atom is 0.221 e. The summed E-state index contributed by atoms with van der Waals surface area (Å²) in [6.07, 6.45) is 2.53. The van der Waals surface area contributed by atoms with Gasteiger partial charge in [-0.05, 0) is 12.1 Å². The Bertz CT molecular complexity index is 824. The Kier molecular flexibility index (Phi) is 7.55. The maximum absolute atomic E-state index is 11.3. The molecule has 1 aliphatic heterocycles. The number of aromatic nitrogens is 1. The Labute approximate surface area is 180 Å². The van der Waals surface area contributed by atoms with Gasteiger partial charge in [0.15, 0.2) is 0 Å². The molecule has 2 aromatic rings. The number of amides is 1. The van der Waals surface area contributed by atoms with Crippen LogP contribution >= 0.6 is 23.2 Å². The van der Waals surface area contributed by atoms with Crippen LogP contribution in [0.4, 0.5) is 11.4 Å². The molecule has 29 heavy (non-hydrogen) atoms. The summed E-state index contributed by atoms with van der Waals surface area (Å²) in [6.45, 7) is 5.12. The molecule has 9 heteroatoms. The summed E-state index contributed by atoms with van der Waals surface area (Å²) in [5.74, 6) is 0.363. The number of anilines is 2. The fourth-order valence-electron chi connectivity index (χ4n) is 3.28. The fourth-order valence-corrected chi connectivity index (χ4v) is 3.89. The number of hydrogen-bond acceptors (Lipinski definition) is 6. The molecule has 1 saturated heterocycles.